The second-order valence-corrected chi connectivity index (χ2v) is 10.7. The van der Waals surface area contributed by atoms with E-state index >= 15 is 0 Å². The van der Waals surface area contributed by atoms with E-state index in [0.717, 1.165) is 17.0 Å². The fourth-order valence-electron chi connectivity index (χ4n) is 3.56. The van der Waals surface area contributed by atoms with Crippen LogP contribution in [-0.2, 0) is 33.3 Å². The number of esters is 3. The third-order valence-electron chi connectivity index (χ3n) is 5.40. The van der Waals surface area contributed by atoms with Crippen LogP contribution in [0.4, 0.5) is 13.6 Å². The van der Waals surface area contributed by atoms with Crippen molar-refractivity contribution in [2.45, 2.75) is 63.5 Å². The van der Waals surface area contributed by atoms with Crippen LogP contribution in [0.1, 0.15) is 40.2 Å². The minimum absolute atomic E-state index is 0.0109. The summed E-state index contributed by atoms with van der Waals surface area (Å²) in [6.07, 6.45) is 0.0760. The van der Waals surface area contributed by atoms with Gasteiger partial charge < -0.3 is 24.3 Å². The molecule has 41 heavy (non-hydrogen) atoms. The molecular formula is C29H35F2NO8S. The number of carbonyl (C=O) groups excluding carboxylic acids is 4. The molecule has 0 saturated carbocycles. The molecule has 0 radical (unpaired) electrons. The summed E-state index contributed by atoms with van der Waals surface area (Å²) >= 11 is 1.48. The fraction of sp³-hybridized carbons (Fsp3) is 0.448. The Hall–Kier alpha value is -3.67. The highest BCUT2D eigenvalue weighted by Gasteiger charge is 2.31. The summed E-state index contributed by atoms with van der Waals surface area (Å²) in [5.74, 6) is -2.56. The second-order valence-electron chi connectivity index (χ2n) is 9.78. The number of ether oxygens (including phenoxy) is 4. The van der Waals surface area contributed by atoms with Crippen molar-refractivity contribution in [2.75, 3.05) is 26.1 Å². The molecule has 1 N–H and O–H groups in total. The van der Waals surface area contributed by atoms with Crippen molar-refractivity contribution >= 4 is 41.3 Å². The molecule has 3 unspecified atom stereocenters. The van der Waals surface area contributed by atoms with Gasteiger partial charge in [-0.25, -0.2) is 23.2 Å². The van der Waals surface area contributed by atoms with Gasteiger partial charge in [-0.15, -0.1) is 11.8 Å². The number of carbonyl (C=O) groups is 4. The lowest BCUT2D eigenvalue weighted by Gasteiger charge is -2.23. The molecule has 0 fully saturated rings. The zero-order chi connectivity index (χ0) is 30.7. The minimum atomic E-state index is -2.05. The van der Waals surface area contributed by atoms with Gasteiger partial charge in [0.1, 0.15) is 18.8 Å². The monoisotopic (exact) mass is 595 g/mol. The molecule has 3 atom stereocenters. The Bertz CT molecular complexity index is 1200. The maximum Gasteiger partial charge on any atom is 0.408 e. The van der Waals surface area contributed by atoms with Crippen LogP contribution in [0, 0.1) is 0 Å². The summed E-state index contributed by atoms with van der Waals surface area (Å²) in [6.45, 7) is 6.56. The van der Waals surface area contributed by atoms with E-state index in [9.17, 15) is 28.0 Å². The van der Waals surface area contributed by atoms with Crippen molar-refractivity contribution in [2.24, 2.45) is 0 Å². The van der Waals surface area contributed by atoms with Crippen LogP contribution in [0.3, 0.4) is 0 Å². The predicted octanol–water partition coefficient (Wildman–Crippen LogP) is 4.90. The molecule has 0 saturated heterocycles. The zero-order valence-corrected chi connectivity index (χ0v) is 24.6. The topological polar surface area (TPSA) is 117 Å². The molecule has 9 nitrogen and oxygen atoms in total. The number of thioether (sulfide) groups is 1. The SMILES string of the molecule is CCOC(=O)C(COC(=O)/C(C1=CC(F)C(F)C=C1)=C(\COC(C)=O)c1ccc(SC)cc1)NC(=O)OC(C)(C)C. The van der Waals surface area contributed by atoms with Crippen LogP contribution in [0.5, 0.6) is 0 Å². The van der Waals surface area contributed by atoms with Gasteiger partial charge in [0.25, 0.3) is 0 Å². The largest absolute Gasteiger partial charge is 0.464 e. The average molecular weight is 596 g/mol. The zero-order valence-electron chi connectivity index (χ0n) is 23.8. The van der Waals surface area contributed by atoms with Gasteiger partial charge in [0.15, 0.2) is 18.4 Å². The first kappa shape index (κ1) is 33.5. The highest BCUT2D eigenvalue weighted by molar-refractivity contribution is 7.98. The Balaban J connectivity index is 2.53. The molecule has 0 heterocycles. The summed E-state index contributed by atoms with van der Waals surface area (Å²) < 4.78 is 49.1. The normalized spacial score (nSPS) is 17.9. The summed E-state index contributed by atoms with van der Waals surface area (Å²) in [5.41, 5.74) is -0.485. The summed E-state index contributed by atoms with van der Waals surface area (Å²) in [5, 5.41) is 2.32. The number of hydrogen-bond donors (Lipinski definition) is 1. The number of allylic oxidation sites excluding steroid dienone is 3. The van der Waals surface area contributed by atoms with E-state index in [0.29, 0.717) is 5.56 Å². The average Bonchev–Trinajstić information content (AvgIpc) is 2.89. The first-order valence-electron chi connectivity index (χ1n) is 12.8. The van der Waals surface area contributed by atoms with E-state index in [1.165, 1.54) is 24.8 Å². The van der Waals surface area contributed by atoms with Crippen LogP contribution in [0.2, 0.25) is 0 Å². The van der Waals surface area contributed by atoms with E-state index < -0.39 is 61.2 Å². The molecule has 0 aromatic heterocycles. The molecule has 1 aliphatic rings. The minimum Gasteiger partial charge on any atom is -0.464 e. The van der Waals surface area contributed by atoms with E-state index in [1.54, 1.807) is 52.0 Å². The molecule has 1 aromatic carbocycles. The molecule has 0 bridgehead atoms. The van der Waals surface area contributed by atoms with Crippen molar-refractivity contribution < 1.29 is 46.9 Å². The van der Waals surface area contributed by atoms with E-state index in [4.69, 9.17) is 18.9 Å². The van der Waals surface area contributed by atoms with Crippen molar-refractivity contribution in [1.82, 2.24) is 5.32 Å². The number of hydrogen-bond acceptors (Lipinski definition) is 9. The number of alkyl halides is 2. The smallest absolute Gasteiger partial charge is 0.408 e. The highest BCUT2D eigenvalue weighted by Crippen LogP contribution is 2.31. The van der Waals surface area contributed by atoms with Crippen molar-refractivity contribution in [3.8, 4) is 0 Å². The fourth-order valence-corrected chi connectivity index (χ4v) is 3.97. The maximum absolute atomic E-state index is 14.4. The number of benzene rings is 1. The van der Waals surface area contributed by atoms with Gasteiger partial charge in [0.05, 0.1) is 12.2 Å². The van der Waals surface area contributed by atoms with Crippen LogP contribution in [0.25, 0.3) is 5.57 Å². The van der Waals surface area contributed by atoms with Gasteiger partial charge in [-0.2, -0.15) is 0 Å². The predicted molar refractivity (Wildman–Crippen MR) is 150 cm³/mol. The molecule has 2 rings (SSSR count). The quantitative estimate of drug-likeness (QED) is 0.165. The third kappa shape index (κ3) is 10.7. The Morgan fingerprint density at radius 2 is 1.68 bits per heavy atom. The maximum atomic E-state index is 14.4. The van der Waals surface area contributed by atoms with E-state index in [2.05, 4.69) is 5.32 Å². The molecule has 0 spiro atoms. The lowest BCUT2D eigenvalue weighted by atomic mass is 9.91. The lowest BCUT2D eigenvalue weighted by Crippen LogP contribution is -2.47. The van der Waals surface area contributed by atoms with E-state index in [-0.39, 0.29) is 23.3 Å². The van der Waals surface area contributed by atoms with Crippen molar-refractivity contribution in [3.63, 3.8) is 0 Å². The molecule has 1 aliphatic carbocycles. The molecule has 12 heteroatoms. The molecular weight excluding hydrogens is 560 g/mol. The standard InChI is InChI=1S/C29H35F2NO8S/c1-7-37-26(34)24(32-28(36)40-29(3,4)5)16-39-27(35)25(19-10-13-22(30)23(31)14-19)21(15-38-17(2)33)18-8-11-20(41-6)12-9-18/h8-14,22-24H,7,15-16H2,1-6H3,(H,32,36)/b25-21+. The Kier molecular flexibility index (Phi) is 12.6. The molecule has 1 aromatic rings. The van der Waals surface area contributed by atoms with Crippen LogP contribution in [0.15, 0.2) is 58.5 Å². The highest BCUT2D eigenvalue weighted by atomic mass is 32.2. The Morgan fingerprint density at radius 1 is 1.02 bits per heavy atom. The molecule has 224 valence electrons. The number of rotatable bonds is 11. The number of alkyl carbamates (subject to hydrolysis) is 1. The Morgan fingerprint density at radius 3 is 2.22 bits per heavy atom. The van der Waals surface area contributed by atoms with Gasteiger partial charge in [-0.1, -0.05) is 18.2 Å². The number of nitrogens with one attached hydrogen (secondary N) is 1. The number of amides is 1. The van der Waals surface area contributed by atoms with E-state index in [1.807, 2.05) is 6.26 Å². The summed E-state index contributed by atoms with van der Waals surface area (Å²) in [7, 11) is 0. The first-order valence-corrected chi connectivity index (χ1v) is 14.0. The first-order chi connectivity index (χ1) is 19.2. The van der Waals surface area contributed by atoms with Gasteiger partial charge >= 0.3 is 24.0 Å². The number of halogens is 2. The summed E-state index contributed by atoms with van der Waals surface area (Å²) in [4.78, 5) is 51.1. The van der Waals surface area contributed by atoms with Gasteiger partial charge in [0.2, 0.25) is 0 Å². The molecule has 1 amide bonds. The van der Waals surface area contributed by atoms with Crippen molar-refractivity contribution in [1.29, 1.82) is 0 Å². The lowest BCUT2D eigenvalue weighted by molar-refractivity contribution is -0.150. The van der Waals surface area contributed by atoms with Gasteiger partial charge in [0, 0.05) is 17.4 Å². The second kappa shape index (κ2) is 15.4. The van der Waals surface area contributed by atoms with Crippen LogP contribution >= 0.6 is 11.8 Å². The van der Waals surface area contributed by atoms with Gasteiger partial charge in [-0.05, 0) is 69.4 Å². The third-order valence-corrected chi connectivity index (χ3v) is 6.14. The summed E-state index contributed by atoms with van der Waals surface area (Å²) in [6, 6.07) is 5.48. The van der Waals surface area contributed by atoms with Crippen LogP contribution in [-0.4, -0.2) is 74.1 Å². The van der Waals surface area contributed by atoms with Gasteiger partial charge in [-0.3, -0.25) is 4.79 Å². The Labute approximate surface area is 242 Å². The molecule has 0 aliphatic heterocycles. The van der Waals surface area contributed by atoms with Crippen molar-refractivity contribution in [3.05, 3.63) is 59.2 Å². The van der Waals surface area contributed by atoms with Crippen LogP contribution < -0.4 is 5.32 Å².